The minimum absolute atomic E-state index is 0.755. The monoisotopic (exact) mass is 294 g/mol. The van der Waals surface area contributed by atoms with E-state index >= 15 is 0 Å². The third kappa shape index (κ3) is 2.94. The van der Waals surface area contributed by atoms with E-state index in [2.05, 4.69) is 47.7 Å². The van der Waals surface area contributed by atoms with Crippen LogP contribution in [0.3, 0.4) is 0 Å². The zero-order valence-electron chi connectivity index (χ0n) is 7.11. The van der Waals surface area contributed by atoms with Crippen molar-refractivity contribution in [2.24, 2.45) is 0 Å². The Kier molecular flexibility index (Phi) is 4.36. The molecule has 0 aromatic heterocycles. The van der Waals surface area contributed by atoms with Gasteiger partial charge in [-0.25, -0.2) is 0 Å². The number of alkyl halides is 1. The number of benzene rings is 1. The van der Waals surface area contributed by atoms with Crippen molar-refractivity contribution in [1.82, 2.24) is 0 Å². The fourth-order valence-electron chi connectivity index (χ4n) is 1.20. The van der Waals surface area contributed by atoms with E-state index in [1.165, 1.54) is 14.7 Å². The van der Waals surface area contributed by atoms with Gasteiger partial charge in [0.1, 0.15) is 0 Å². The number of halogens is 2. The summed E-state index contributed by atoms with van der Waals surface area (Å²) < 4.78 is 1.31. The van der Waals surface area contributed by atoms with Gasteiger partial charge in [-0.15, -0.1) is 11.6 Å². The van der Waals surface area contributed by atoms with Crippen molar-refractivity contribution >= 4 is 34.2 Å². The van der Waals surface area contributed by atoms with Crippen molar-refractivity contribution < 1.29 is 0 Å². The van der Waals surface area contributed by atoms with Crippen LogP contribution in [-0.4, -0.2) is 5.88 Å². The molecule has 1 aromatic rings. The first-order valence-electron chi connectivity index (χ1n) is 4.05. The van der Waals surface area contributed by atoms with Crippen LogP contribution < -0.4 is 0 Å². The molecule has 12 heavy (non-hydrogen) atoms. The highest BCUT2D eigenvalue weighted by atomic mass is 127. The summed E-state index contributed by atoms with van der Waals surface area (Å²) in [6.45, 7) is 2.16. The lowest BCUT2D eigenvalue weighted by Crippen LogP contribution is -1.90. The Morgan fingerprint density at radius 1 is 1.42 bits per heavy atom. The number of aryl methyl sites for hydroxylation is 2. The van der Waals surface area contributed by atoms with Gasteiger partial charge in [-0.05, 0) is 65.6 Å². The van der Waals surface area contributed by atoms with Crippen molar-refractivity contribution in [1.29, 1.82) is 0 Å². The molecule has 0 aliphatic heterocycles. The molecule has 0 N–H and O–H groups in total. The second-order valence-corrected chi connectivity index (χ2v) is 4.49. The van der Waals surface area contributed by atoms with Gasteiger partial charge in [0.25, 0.3) is 0 Å². The molecule has 0 aliphatic rings. The molecule has 0 saturated carbocycles. The van der Waals surface area contributed by atoms with Crippen molar-refractivity contribution in [3.05, 3.63) is 32.9 Å². The molecule has 0 amide bonds. The van der Waals surface area contributed by atoms with Gasteiger partial charge in [0.05, 0.1) is 0 Å². The quantitative estimate of drug-likeness (QED) is 0.588. The van der Waals surface area contributed by atoms with E-state index in [9.17, 15) is 0 Å². The molecule has 0 heterocycles. The van der Waals surface area contributed by atoms with E-state index in [1.54, 1.807) is 0 Å². The largest absolute Gasteiger partial charge is 0.127 e. The highest BCUT2D eigenvalue weighted by Crippen LogP contribution is 2.14. The molecule has 0 saturated heterocycles. The van der Waals surface area contributed by atoms with E-state index in [-0.39, 0.29) is 0 Å². The topological polar surface area (TPSA) is 0 Å². The Labute approximate surface area is 92.5 Å². The van der Waals surface area contributed by atoms with Crippen molar-refractivity contribution in [3.63, 3.8) is 0 Å². The fourth-order valence-corrected chi connectivity index (χ4v) is 1.98. The second-order valence-electron chi connectivity index (χ2n) is 2.86. The molecule has 0 bridgehead atoms. The van der Waals surface area contributed by atoms with Crippen LogP contribution in [0.4, 0.5) is 0 Å². The summed E-state index contributed by atoms with van der Waals surface area (Å²) in [4.78, 5) is 0. The summed E-state index contributed by atoms with van der Waals surface area (Å²) in [6.07, 6.45) is 2.18. The molecular formula is C10H12ClI. The Bertz CT molecular complexity index is 258. The van der Waals surface area contributed by atoms with Crippen LogP contribution in [0.2, 0.25) is 0 Å². The minimum Gasteiger partial charge on any atom is -0.127 e. The van der Waals surface area contributed by atoms with Gasteiger partial charge in [0.2, 0.25) is 0 Å². The Morgan fingerprint density at radius 3 is 2.75 bits per heavy atom. The summed E-state index contributed by atoms with van der Waals surface area (Å²) in [7, 11) is 0. The highest BCUT2D eigenvalue weighted by Gasteiger charge is 1.97. The maximum Gasteiger partial charge on any atom is 0.0226 e. The molecule has 0 atom stereocenters. The summed E-state index contributed by atoms with van der Waals surface area (Å²) in [5.41, 5.74) is 2.81. The maximum atomic E-state index is 5.63. The summed E-state index contributed by atoms with van der Waals surface area (Å²) in [5.74, 6) is 0.755. The molecule has 0 nitrogen and oxygen atoms in total. The molecule has 1 aromatic carbocycles. The van der Waals surface area contributed by atoms with Gasteiger partial charge in [0, 0.05) is 9.45 Å². The molecule has 1 rings (SSSR count). The zero-order valence-corrected chi connectivity index (χ0v) is 10.0. The molecule has 0 unspecified atom stereocenters. The Balaban J connectivity index is 2.72. The third-order valence-corrected chi connectivity index (χ3v) is 2.82. The minimum atomic E-state index is 0.755. The normalized spacial score (nSPS) is 10.2. The first-order valence-corrected chi connectivity index (χ1v) is 5.66. The first kappa shape index (κ1) is 10.3. The number of hydrogen-bond donors (Lipinski definition) is 0. The average molecular weight is 295 g/mol. The molecule has 66 valence electrons. The van der Waals surface area contributed by atoms with E-state index in [0.29, 0.717) is 0 Å². The lowest BCUT2D eigenvalue weighted by molar-refractivity contribution is 0.919. The highest BCUT2D eigenvalue weighted by molar-refractivity contribution is 14.1. The van der Waals surface area contributed by atoms with Gasteiger partial charge >= 0.3 is 0 Å². The van der Waals surface area contributed by atoms with Gasteiger partial charge in [-0.1, -0.05) is 6.07 Å². The average Bonchev–Trinajstić information content (AvgIpc) is 2.03. The predicted molar refractivity (Wildman–Crippen MR) is 62.9 cm³/mol. The van der Waals surface area contributed by atoms with E-state index < -0.39 is 0 Å². The van der Waals surface area contributed by atoms with Gasteiger partial charge in [-0.2, -0.15) is 0 Å². The summed E-state index contributed by atoms with van der Waals surface area (Å²) in [6, 6.07) is 6.56. The van der Waals surface area contributed by atoms with Crippen LogP contribution in [0.5, 0.6) is 0 Å². The molecule has 0 radical (unpaired) electrons. The second kappa shape index (κ2) is 5.07. The molecule has 0 fully saturated rings. The number of hydrogen-bond acceptors (Lipinski definition) is 0. The van der Waals surface area contributed by atoms with Crippen molar-refractivity contribution in [2.45, 2.75) is 19.8 Å². The van der Waals surface area contributed by atoms with Crippen LogP contribution in [0.1, 0.15) is 17.5 Å². The van der Waals surface area contributed by atoms with Gasteiger partial charge < -0.3 is 0 Å². The SMILES string of the molecule is Cc1cc(I)ccc1CCCCl. The Morgan fingerprint density at radius 2 is 2.17 bits per heavy atom. The molecule has 0 aliphatic carbocycles. The lowest BCUT2D eigenvalue weighted by Gasteiger charge is -2.04. The predicted octanol–water partition coefficient (Wildman–Crippen LogP) is 3.77. The molecular weight excluding hydrogens is 282 g/mol. The summed E-state index contributed by atoms with van der Waals surface area (Å²) in [5, 5.41) is 0. The summed E-state index contributed by atoms with van der Waals surface area (Å²) >= 11 is 7.97. The van der Waals surface area contributed by atoms with Gasteiger partial charge in [0.15, 0.2) is 0 Å². The smallest absolute Gasteiger partial charge is 0.0226 e. The zero-order chi connectivity index (χ0) is 8.97. The fraction of sp³-hybridized carbons (Fsp3) is 0.400. The van der Waals surface area contributed by atoms with Crippen LogP contribution in [-0.2, 0) is 6.42 Å². The van der Waals surface area contributed by atoms with Crippen LogP contribution in [0, 0.1) is 10.5 Å². The standard InChI is InChI=1S/C10H12ClI/c1-8-7-10(12)5-4-9(8)3-2-6-11/h4-5,7H,2-3,6H2,1H3. The van der Waals surface area contributed by atoms with Crippen molar-refractivity contribution in [3.8, 4) is 0 Å². The van der Waals surface area contributed by atoms with Gasteiger partial charge in [-0.3, -0.25) is 0 Å². The van der Waals surface area contributed by atoms with E-state index in [0.717, 1.165) is 18.7 Å². The van der Waals surface area contributed by atoms with Crippen LogP contribution in [0.25, 0.3) is 0 Å². The first-order chi connectivity index (χ1) is 5.74. The maximum absolute atomic E-state index is 5.63. The van der Waals surface area contributed by atoms with Crippen LogP contribution >= 0.6 is 34.2 Å². The molecule has 0 spiro atoms. The van der Waals surface area contributed by atoms with E-state index in [4.69, 9.17) is 11.6 Å². The van der Waals surface area contributed by atoms with E-state index in [1.807, 2.05) is 0 Å². The molecule has 2 heteroatoms. The van der Waals surface area contributed by atoms with Crippen LogP contribution in [0.15, 0.2) is 18.2 Å². The Hall–Kier alpha value is 0.240. The third-order valence-electron chi connectivity index (χ3n) is 1.88. The number of rotatable bonds is 3. The lowest BCUT2D eigenvalue weighted by atomic mass is 10.1. The van der Waals surface area contributed by atoms with Crippen molar-refractivity contribution in [2.75, 3.05) is 5.88 Å².